The largest absolute Gasteiger partial charge is 0.349 e. The summed E-state index contributed by atoms with van der Waals surface area (Å²) in [6.07, 6.45) is 3.21. The monoisotopic (exact) mass is 352 g/mol. The number of nitrogens with one attached hydrogen (secondary N) is 1. The molecule has 2 atom stereocenters. The minimum atomic E-state index is -0.373. The normalized spacial score (nSPS) is 22.2. The summed E-state index contributed by atoms with van der Waals surface area (Å²) in [4.78, 5) is 26.6. The molecule has 2 aromatic carbocycles. The Hall–Kier alpha value is -2.69. The Morgan fingerprint density at radius 2 is 1.88 bits per heavy atom. The topological polar surface area (TPSA) is 49.4 Å². The number of anilines is 1. The van der Waals surface area contributed by atoms with Crippen molar-refractivity contribution in [3.05, 3.63) is 65.5 Å². The fraction of sp³-hybridized carbons (Fsp3) is 0.333. The summed E-state index contributed by atoms with van der Waals surface area (Å²) >= 11 is 0. The second-order valence-electron chi connectivity index (χ2n) is 7.03. The smallest absolute Gasteiger partial charge is 0.227 e. The van der Waals surface area contributed by atoms with Crippen molar-refractivity contribution >= 4 is 17.5 Å². The van der Waals surface area contributed by atoms with E-state index in [-0.39, 0.29) is 36.0 Å². The molecule has 2 aliphatic rings. The van der Waals surface area contributed by atoms with Gasteiger partial charge in [-0.05, 0) is 54.7 Å². The third kappa shape index (κ3) is 3.21. The molecule has 134 valence electrons. The summed E-state index contributed by atoms with van der Waals surface area (Å²) in [6, 6.07) is 14.0. The van der Waals surface area contributed by atoms with E-state index in [4.69, 9.17) is 0 Å². The van der Waals surface area contributed by atoms with Gasteiger partial charge in [0.15, 0.2) is 0 Å². The standard InChI is InChI=1S/C21H21FN2O2/c22-16-8-10-17(11-9-16)24-13-15(12-20(24)25)21(26)23-19-7-3-5-14-4-1-2-6-18(14)19/h1-2,4,6,8-11,15,19H,3,5,7,12-13H2,(H,23,26)/t15-,19-/m0/s1. The third-order valence-corrected chi connectivity index (χ3v) is 5.32. The van der Waals surface area contributed by atoms with E-state index in [1.807, 2.05) is 12.1 Å². The van der Waals surface area contributed by atoms with Crippen molar-refractivity contribution < 1.29 is 14.0 Å². The maximum absolute atomic E-state index is 13.1. The lowest BCUT2D eigenvalue weighted by Gasteiger charge is -2.27. The molecule has 4 rings (SSSR count). The van der Waals surface area contributed by atoms with Crippen molar-refractivity contribution in [2.75, 3.05) is 11.4 Å². The molecule has 1 fully saturated rings. The Morgan fingerprint density at radius 1 is 1.12 bits per heavy atom. The van der Waals surface area contributed by atoms with Crippen LogP contribution in [0.25, 0.3) is 0 Å². The van der Waals surface area contributed by atoms with Crippen LogP contribution in [0.2, 0.25) is 0 Å². The highest BCUT2D eigenvalue weighted by atomic mass is 19.1. The zero-order chi connectivity index (χ0) is 18.1. The minimum Gasteiger partial charge on any atom is -0.349 e. The molecule has 0 spiro atoms. The van der Waals surface area contributed by atoms with Crippen molar-refractivity contribution in [2.24, 2.45) is 5.92 Å². The predicted octanol–water partition coefficient (Wildman–Crippen LogP) is 3.37. The van der Waals surface area contributed by atoms with Gasteiger partial charge in [-0.3, -0.25) is 9.59 Å². The zero-order valence-electron chi connectivity index (χ0n) is 14.5. The molecule has 0 bridgehead atoms. The Kier molecular flexibility index (Phi) is 4.45. The van der Waals surface area contributed by atoms with Crippen molar-refractivity contribution in [1.29, 1.82) is 0 Å². The van der Waals surface area contributed by atoms with Crippen LogP contribution in [0, 0.1) is 11.7 Å². The molecule has 5 heteroatoms. The number of hydrogen-bond donors (Lipinski definition) is 1. The van der Waals surface area contributed by atoms with Crippen LogP contribution < -0.4 is 10.2 Å². The third-order valence-electron chi connectivity index (χ3n) is 5.32. The molecule has 1 heterocycles. The molecule has 1 aliphatic heterocycles. The van der Waals surface area contributed by atoms with Gasteiger partial charge in [0.2, 0.25) is 11.8 Å². The van der Waals surface area contributed by atoms with Crippen LogP contribution in [0.1, 0.15) is 36.4 Å². The average molecular weight is 352 g/mol. The number of halogens is 1. The van der Waals surface area contributed by atoms with E-state index in [9.17, 15) is 14.0 Å². The molecular formula is C21H21FN2O2. The highest BCUT2D eigenvalue weighted by Crippen LogP contribution is 2.31. The number of rotatable bonds is 3. The maximum Gasteiger partial charge on any atom is 0.227 e. The first-order valence-electron chi connectivity index (χ1n) is 9.06. The Labute approximate surface area is 152 Å². The van der Waals surface area contributed by atoms with Gasteiger partial charge >= 0.3 is 0 Å². The Morgan fingerprint density at radius 3 is 2.69 bits per heavy atom. The van der Waals surface area contributed by atoms with Gasteiger partial charge in [0, 0.05) is 18.7 Å². The zero-order valence-corrected chi connectivity index (χ0v) is 14.5. The van der Waals surface area contributed by atoms with Crippen molar-refractivity contribution in [1.82, 2.24) is 5.32 Å². The van der Waals surface area contributed by atoms with Crippen LogP contribution in [0.3, 0.4) is 0 Å². The van der Waals surface area contributed by atoms with Crippen LogP contribution >= 0.6 is 0 Å². The van der Waals surface area contributed by atoms with E-state index in [1.165, 1.54) is 23.3 Å². The molecule has 1 saturated heterocycles. The highest BCUT2D eigenvalue weighted by Gasteiger charge is 2.36. The van der Waals surface area contributed by atoms with E-state index in [1.54, 1.807) is 17.0 Å². The number of fused-ring (bicyclic) bond motifs is 1. The van der Waals surface area contributed by atoms with Crippen molar-refractivity contribution in [3.8, 4) is 0 Å². The summed E-state index contributed by atoms with van der Waals surface area (Å²) in [6.45, 7) is 0.338. The van der Waals surface area contributed by atoms with Crippen LogP contribution in [0.15, 0.2) is 48.5 Å². The number of carbonyl (C=O) groups is 2. The summed E-state index contributed by atoms with van der Waals surface area (Å²) in [5.74, 6) is -0.891. The van der Waals surface area contributed by atoms with Crippen LogP contribution in [-0.4, -0.2) is 18.4 Å². The van der Waals surface area contributed by atoms with Gasteiger partial charge in [-0.15, -0.1) is 0 Å². The fourth-order valence-corrected chi connectivity index (χ4v) is 3.95. The molecular weight excluding hydrogens is 331 g/mol. The van der Waals surface area contributed by atoms with Gasteiger partial charge in [0.05, 0.1) is 12.0 Å². The van der Waals surface area contributed by atoms with E-state index < -0.39 is 0 Å². The van der Waals surface area contributed by atoms with Gasteiger partial charge in [-0.25, -0.2) is 4.39 Å². The van der Waals surface area contributed by atoms with E-state index in [0.717, 1.165) is 19.3 Å². The molecule has 0 aromatic heterocycles. The predicted molar refractivity (Wildman–Crippen MR) is 97.1 cm³/mol. The first kappa shape index (κ1) is 16.8. The summed E-state index contributed by atoms with van der Waals surface area (Å²) < 4.78 is 13.1. The van der Waals surface area contributed by atoms with Crippen molar-refractivity contribution in [3.63, 3.8) is 0 Å². The number of amides is 2. The summed E-state index contributed by atoms with van der Waals surface area (Å²) in [5.41, 5.74) is 3.11. The lowest BCUT2D eigenvalue weighted by atomic mass is 9.87. The molecule has 4 nitrogen and oxygen atoms in total. The van der Waals surface area contributed by atoms with Gasteiger partial charge in [0.1, 0.15) is 5.82 Å². The summed E-state index contributed by atoms with van der Waals surface area (Å²) in [7, 11) is 0. The molecule has 2 aromatic rings. The molecule has 0 saturated carbocycles. The second kappa shape index (κ2) is 6.90. The molecule has 2 amide bonds. The number of nitrogens with zero attached hydrogens (tertiary/aromatic N) is 1. The first-order valence-corrected chi connectivity index (χ1v) is 9.06. The molecule has 0 radical (unpaired) electrons. The molecule has 26 heavy (non-hydrogen) atoms. The number of carbonyl (C=O) groups excluding carboxylic acids is 2. The van der Waals surface area contributed by atoms with E-state index in [2.05, 4.69) is 17.4 Å². The quantitative estimate of drug-likeness (QED) is 0.921. The number of hydrogen-bond acceptors (Lipinski definition) is 2. The lowest BCUT2D eigenvalue weighted by molar-refractivity contribution is -0.127. The van der Waals surface area contributed by atoms with Gasteiger partial charge in [0.25, 0.3) is 0 Å². The Bertz CT molecular complexity index is 834. The summed E-state index contributed by atoms with van der Waals surface area (Å²) in [5, 5.41) is 3.14. The fourth-order valence-electron chi connectivity index (χ4n) is 3.95. The van der Waals surface area contributed by atoms with E-state index in [0.29, 0.717) is 12.2 Å². The Balaban J connectivity index is 1.45. The molecule has 0 unspecified atom stereocenters. The molecule has 1 aliphatic carbocycles. The highest BCUT2D eigenvalue weighted by molar-refractivity contribution is 6.00. The first-order chi connectivity index (χ1) is 12.6. The van der Waals surface area contributed by atoms with Crippen LogP contribution in [-0.2, 0) is 16.0 Å². The van der Waals surface area contributed by atoms with Gasteiger partial charge < -0.3 is 10.2 Å². The van der Waals surface area contributed by atoms with Gasteiger partial charge in [-0.1, -0.05) is 24.3 Å². The van der Waals surface area contributed by atoms with Crippen molar-refractivity contribution in [2.45, 2.75) is 31.7 Å². The van der Waals surface area contributed by atoms with Crippen LogP contribution in [0.5, 0.6) is 0 Å². The lowest BCUT2D eigenvalue weighted by Crippen LogP contribution is -2.36. The average Bonchev–Trinajstić information content (AvgIpc) is 3.05. The maximum atomic E-state index is 13.1. The molecule has 1 N–H and O–H groups in total. The minimum absolute atomic E-state index is 0.0161. The SMILES string of the molecule is O=C(N[C@H]1CCCc2ccccc21)[C@H]1CC(=O)N(c2ccc(F)cc2)C1. The van der Waals surface area contributed by atoms with Crippen LogP contribution in [0.4, 0.5) is 10.1 Å². The second-order valence-corrected chi connectivity index (χ2v) is 7.03. The van der Waals surface area contributed by atoms with E-state index >= 15 is 0 Å². The number of aryl methyl sites for hydroxylation is 1. The van der Waals surface area contributed by atoms with Gasteiger partial charge in [-0.2, -0.15) is 0 Å². The number of benzene rings is 2.